The molecule has 12 heteroatoms. The van der Waals surface area contributed by atoms with Crippen molar-refractivity contribution >= 4 is 27.4 Å². The highest BCUT2D eigenvalue weighted by molar-refractivity contribution is 7.89. The number of carbonyl (C=O) groups excluding carboxylic acids is 1. The molecule has 42 heavy (non-hydrogen) atoms. The summed E-state index contributed by atoms with van der Waals surface area (Å²) in [6.07, 6.45) is 1.23. The summed E-state index contributed by atoms with van der Waals surface area (Å²) in [5, 5.41) is 3.08. The number of sulfonamides is 1. The van der Waals surface area contributed by atoms with Gasteiger partial charge < -0.3 is 14.8 Å². The number of nitrogens with zero attached hydrogens (tertiary/aromatic N) is 3. The van der Waals surface area contributed by atoms with Crippen LogP contribution in [-0.4, -0.2) is 47.9 Å². The Hall–Kier alpha value is -4.42. The number of hydrogen-bond donors (Lipinski definition) is 1. The Morgan fingerprint density at radius 3 is 2.40 bits per heavy atom. The first-order valence-corrected chi connectivity index (χ1v) is 14.8. The van der Waals surface area contributed by atoms with Gasteiger partial charge in [0.15, 0.2) is 17.3 Å². The Balaban J connectivity index is 1.24. The van der Waals surface area contributed by atoms with Crippen LogP contribution in [0.3, 0.4) is 0 Å². The third kappa shape index (κ3) is 5.81. The van der Waals surface area contributed by atoms with Crippen molar-refractivity contribution in [2.75, 3.05) is 18.7 Å². The van der Waals surface area contributed by atoms with Crippen molar-refractivity contribution in [3.8, 4) is 22.8 Å². The minimum atomic E-state index is -3.96. The molecule has 0 amide bonds. The predicted molar refractivity (Wildman–Crippen MR) is 150 cm³/mol. The number of aryl methyl sites for hydroxylation is 1. The average Bonchev–Trinajstić information content (AvgIpc) is 3.67. The van der Waals surface area contributed by atoms with Gasteiger partial charge in [-0.1, -0.05) is 0 Å². The molecule has 3 heterocycles. The maximum Gasteiger partial charge on any atom is 0.243 e. The van der Waals surface area contributed by atoms with Crippen LogP contribution >= 0.6 is 0 Å². The standard InChI is InChI=1S/C30H26F2N4O5S/c31-20-4-8-22(9-5-20)33-30-34-23(17-25(35-30)19-3-14-28-29(16-19)41-18-40-28)10-13-27(37)26-2-1-15-36(26)42(38,39)24-11-6-21(32)7-12-24/h3-9,11-12,14,16-17,26H,1-2,10,13,15,18H2,(H,33,34,35)/t26-/m0/s1. The molecule has 0 saturated carbocycles. The Morgan fingerprint density at radius 1 is 0.929 bits per heavy atom. The topological polar surface area (TPSA) is 111 Å². The normalized spacial score (nSPS) is 16.5. The minimum absolute atomic E-state index is 0.0493. The summed E-state index contributed by atoms with van der Waals surface area (Å²) in [4.78, 5) is 22.5. The second kappa shape index (κ2) is 11.5. The van der Waals surface area contributed by atoms with Gasteiger partial charge in [0.1, 0.15) is 11.6 Å². The van der Waals surface area contributed by atoms with Gasteiger partial charge in [0.2, 0.25) is 22.8 Å². The van der Waals surface area contributed by atoms with Crippen LogP contribution in [0, 0.1) is 11.6 Å². The van der Waals surface area contributed by atoms with Crippen LogP contribution in [-0.2, 0) is 21.2 Å². The van der Waals surface area contributed by atoms with E-state index in [9.17, 15) is 22.0 Å². The molecule has 216 valence electrons. The number of Topliss-reactive ketones (excluding diaryl/α,β-unsaturated/α-hetero) is 1. The Kier molecular flexibility index (Phi) is 7.56. The first-order chi connectivity index (χ1) is 20.3. The maximum absolute atomic E-state index is 13.4. The van der Waals surface area contributed by atoms with Gasteiger partial charge in [-0.3, -0.25) is 4.79 Å². The molecule has 1 N–H and O–H groups in total. The molecule has 4 aromatic rings. The molecule has 6 rings (SSSR count). The van der Waals surface area contributed by atoms with Crippen LogP contribution in [0.4, 0.5) is 20.4 Å². The molecule has 0 unspecified atom stereocenters. The number of halogens is 2. The molecular weight excluding hydrogens is 566 g/mol. The number of ketones is 1. The van der Waals surface area contributed by atoms with Crippen LogP contribution in [0.15, 0.2) is 77.7 Å². The smallest absolute Gasteiger partial charge is 0.243 e. The molecule has 1 atom stereocenters. The van der Waals surface area contributed by atoms with E-state index in [0.717, 1.165) is 17.7 Å². The zero-order valence-electron chi connectivity index (χ0n) is 22.3. The third-order valence-electron chi connectivity index (χ3n) is 7.17. The van der Waals surface area contributed by atoms with Gasteiger partial charge in [-0.25, -0.2) is 27.2 Å². The van der Waals surface area contributed by atoms with Crippen molar-refractivity contribution in [1.29, 1.82) is 0 Å². The maximum atomic E-state index is 13.4. The van der Waals surface area contributed by atoms with Gasteiger partial charge >= 0.3 is 0 Å². The molecule has 2 aliphatic rings. The van der Waals surface area contributed by atoms with Gasteiger partial charge in [-0.05, 0) is 92.1 Å². The largest absolute Gasteiger partial charge is 0.454 e. The fourth-order valence-electron chi connectivity index (χ4n) is 5.06. The van der Waals surface area contributed by atoms with E-state index in [1.54, 1.807) is 30.3 Å². The molecule has 9 nitrogen and oxygen atoms in total. The van der Waals surface area contributed by atoms with Crippen molar-refractivity contribution in [2.45, 2.75) is 36.6 Å². The SMILES string of the molecule is O=C(CCc1cc(-c2ccc3c(c2)OCO3)nc(Nc2ccc(F)cc2)n1)[C@@H]1CCCN1S(=O)(=O)c1ccc(F)cc1. The summed E-state index contributed by atoms with van der Waals surface area (Å²) in [5.41, 5.74) is 2.44. The number of hydrogen-bond acceptors (Lipinski definition) is 8. The number of fused-ring (bicyclic) bond motifs is 1. The van der Waals surface area contributed by atoms with Crippen LogP contribution in [0.25, 0.3) is 11.3 Å². The van der Waals surface area contributed by atoms with Gasteiger partial charge in [0, 0.05) is 29.9 Å². The summed E-state index contributed by atoms with van der Waals surface area (Å²) < 4.78 is 65.4. The van der Waals surface area contributed by atoms with E-state index in [0.29, 0.717) is 41.4 Å². The second-order valence-electron chi connectivity index (χ2n) is 9.96. The number of anilines is 2. The van der Waals surface area contributed by atoms with Crippen LogP contribution in [0.5, 0.6) is 11.5 Å². The molecular formula is C30H26F2N4O5S. The van der Waals surface area contributed by atoms with Crippen LogP contribution < -0.4 is 14.8 Å². The molecule has 1 fully saturated rings. The second-order valence-corrected chi connectivity index (χ2v) is 11.9. The van der Waals surface area contributed by atoms with E-state index in [1.165, 1.54) is 28.6 Å². The summed E-state index contributed by atoms with van der Waals surface area (Å²) in [6, 6.07) is 16.7. The van der Waals surface area contributed by atoms with Gasteiger partial charge in [0.05, 0.1) is 16.6 Å². The fraction of sp³-hybridized carbons (Fsp3) is 0.233. The first-order valence-electron chi connectivity index (χ1n) is 13.4. The minimum Gasteiger partial charge on any atom is -0.454 e. The lowest BCUT2D eigenvalue weighted by molar-refractivity contribution is -0.122. The van der Waals surface area contributed by atoms with Crippen LogP contribution in [0.2, 0.25) is 0 Å². The highest BCUT2D eigenvalue weighted by Gasteiger charge is 2.39. The van der Waals surface area contributed by atoms with E-state index in [-0.39, 0.29) is 48.6 Å². The summed E-state index contributed by atoms with van der Waals surface area (Å²) in [5.74, 6) is 0.313. The van der Waals surface area contributed by atoms with E-state index in [1.807, 2.05) is 6.07 Å². The van der Waals surface area contributed by atoms with Crippen molar-refractivity contribution in [2.24, 2.45) is 0 Å². The zero-order chi connectivity index (χ0) is 29.3. The lowest BCUT2D eigenvalue weighted by Crippen LogP contribution is -2.40. The van der Waals surface area contributed by atoms with E-state index >= 15 is 0 Å². The average molecular weight is 593 g/mol. The Labute approximate surface area is 241 Å². The van der Waals surface area contributed by atoms with Crippen molar-refractivity contribution in [1.82, 2.24) is 14.3 Å². The van der Waals surface area contributed by atoms with Crippen molar-refractivity contribution in [3.05, 3.63) is 90.1 Å². The summed E-state index contributed by atoms with van der Waals surface area (Å²) in [7, 11) is -3.96. The van der Waals surface area contributed by atoms with E-state index in [2.05, 4.69) is 15.3 Å². The molecule has 1 aromatic heterocycles. The van der Waals surface area contributed by atoms with Gasteiger partial charge in [0.25, 0.3) is 0 Å². The fourth-order valence-corrected chi connectivity index (χ4v) is 6.74. The van der Waals surface area contributed by atoms with E-state index in [4.69, 9.17) is 9.47 Å². The van der Waals surface area contributed by atoms with Gasteiger partial charge in [-0.2, -0.15) is 4.31 Å². The van der Waals surface area contributed by atoms with Gasteiger partial charge in [-0.15, -0.1) is 0 Å². The molecule has 0 radical (unpaired) electrons. The lowest BCUT2D eigenvalue weighted by Gasteiger charge is -2.23. The number of ether oxygens (including phenoxy) is 2. The molecule has 2 aliphatic heterocycles. The molecule has 3 aromatic carbocycles. The van der Waals surface area contributed by atoms with Crippen molar-refractivity contribution in [3.63, 3.8) is 0 Å². The molecule has 0 aliphatic carbocycles. The molecule has 1 saturated heterocycles. The number of benzene rings is 3. The van der Waals surface area contributed by atoms with E-state index < -0.39 is 21.9 Å². The predicted octanol–water partition coefficient (Wildman–Crippen LogP) is 5.25. The Morgan fingerprint density at radius 2 is 1.64 bits per heavy atom. The molecule has 0 spiro atoms. The summed E-state index contributed by atoms with van der Waals surface area (Å²) in [6.45, 7) is 0.339. The number of carbonyl (C=O) groups is 1. The highest BCUT2D eigenvalue weighted by Crippen LogP contribution is 2.36. The Bertz CT molecular complexity index is 1730. The number of aromatic nitrogens is 2. The summed E-state index contributed by atoms with van der Waals surface area (Å²) >= 11 is 0. The zero-order valence-corrected chi connectivity index (χ0v) is 23.1. The van der Waals surface area contributed by atoms with Crippen LogP contribution in [0.1, 0.15) is 25.0 Å². The quantitative estimate of drug-likeness (QED) is 0.281. The molecule has 0 bridgehead atoms. The lowest BCUT2D eigenvalue weighted by atomic mass is 10.0. The monoisotopic (exact) mass is 592 g/mol. The first kappa shape index (κ1) is 27.7. The number of rotatable bonds is 9. The van der Waals surface area contributed by atoms with Crippen molar-refractivity contribution < 1.29 is 31.5 Å². The number of nitrogens with one attached hydrogen (secondary N) is 1. The highest BCUT2D eigenvalue weighted by atomic mass is 32.2. The third-order valence-corrected chi connectivity index (χ3v) is 9.09.